The molecule has 2 unspecified atom stereocenters. The Morgan fingerprint density at radius 3 is 2.35 bits per heavy atom. The number of carbonyl (C=O) groups is 2. The van der Waals surface area contributed by atoms with Crippen molar-refractivity contribution in [1.82, 2.24) is 10.3 Å². The number of benzene rings is 3. The number of nitrogens with one attached hydrogen (secondary N) is 1. The van der Waals surface area contributed by atoms with Crippen molar-refractivity contribution in [3.05, 3.63) is 102 Å². The first kappa shape index (κ1) is 23.3. The summed E-state index contributed by atoms with van der Waals surface area (Å²) in [6.45, 7) is 1.77. The van der Waals surface area contributed by atoms with Crippen LogP contribution in [-0.4, -0.2) is 26.5 Å². The van der Waals surface area contributed by atoms with E-state index in [2.05, 4.69) is 10.3 Å². The first-order chi connectivity index (χ1) is 18.0. The van der Waals surface area contributed by atoms with E-state index in [1.54, 1.807) is 6.92 Å². The van der Waals surface area contributed by atoms with Crippen molar-refractivity contribution in [1.29, 1.82) is 0 Å². The third-order valence-electron chi connectivity index (χ3n) is 6.41. The molecular formula is C29H22N2O5S. The molecule has 1 saturated heterocycles. The average molecular weight is 511 g/mol. The van der Waals surface area contributed by atoms with Gasteiger partial charge in [-0.25, -0.2) is 4.98 Å². The van der Waals surface area contributed by atoms with Gasteiger partial charge in [0.15, 0.2) is 6.10 Å². The van der Waals surface area contributed by atoms with Gasteiger partial charge < -0.3 is 19.3 Å². The number of fused-ring (bicyclic) bond motifs is 1. The molecule has 2 atom stereocenters. The molecule has 2 aromatic heterocycles. The Morgan fingerprint density at radius 2 is 1.68 bits per heavy atom. The summed E-state index contributed by atoms with van der Waals surface area (Å²) in [5.74, 6) is 1.28. The molecule has 6 rings (SSSR count). The van der Waals surface area contributed by atoms with Crippen LogP contribution in [0.3, 0.4) is 0 Å². The van der Waals surface area contributed by atoms with Crippen LogP contribution in [0.15, 0.2) is 87.7 Å². The van der Waals surface area contributed by atoms with Crippen molar-refractivity contribution in [2.75, 3.05) is 0 Å². The predicted octanol–water partition coefficient (Wildman–Crippen LogP) is 6.04. The van der Waals surface area contributed by atoms with Crippen LogP contribution in [0.25, 0.3) is 33.6 Å². The third-order valence-corrected chi connectivity index (χ3v) is 7.20. The smallest absolute Gasteiger partial charge is 0.287 e. The number of thioether (sulfide) groups is 1. The molecule has 1 aliphatic heterocycles. The molecule has 0 radical (unpaired) electrons. The van der Waals surface area contributed by atoms with Crippen LogP contribution in [0.4, 0.5) is 4.79 Å². The highest BCUT2D eigenvalue weighted by atomic mass is 32.2. The zero-order valence-corrected chi connectivity index (χ0v) is 20.6. The normalized spacial score (nSPS) is 16.3. The lowest BCUT2D eigenvalue weighted by atomic mass is 9.96. The lowest BCUT2D eigenvalue weighted by Gasteiger charge is -2.10. The van der Waals surface area contributed by atoms with Crippen molar-refractivity contribution in [3.63, 3.8) is 0 Å². The van der Waals surface area contributed by atoms with E-state index in [1.165, 1.54) is 0 Å². The molecule has 1 amide bonds. The Bertz CT molecular complexity index is 1620. The number of nitrogens with zero attached hydrogens (tertiary/aromatic N) is 1. The summed E-state index contributed by atoms with van der Waals surface area (Å²) in [6, 6.07) is 24.3. The van der Waals surface area contributed by atoms with E-state index in [1.807, 2.05) is 78.9 Å². The molecule has 37 heavy (non-hydrogen) atoms. The van der Waals surface area contributed by atoms with Crippen LogP contribution in [0.2, 0.25) is 0 Å². The van der Waals surface area contributed by atoms with Crippen molar-refractivity contribution in [3.8, 4) is 22.6 Å². The fourth-order valence-electron chi connectivity index (χ4n) is 4.64. The largest absolute Gasteiger partial charge is 0.457 e. The van der Waals surface area contributed by atoms with Gasteiger partial charge in [0.05, 0.1) is 0 Å². The second-order valence-corrected chi connectivity index (χ2v) is 9.85. The van der Waals surface area contributed by atoms with Crippen LogP contribution < -0.4 is 5.32 Å². The minimum atomic E-state index is -1.17. The lowest BCUT2D eigenvalue weighted by Crippen LogP contribution is -2.30. The highest BCUT2D eigenvalue weighted by molar-refractivity contribution is 8.26. The molecule has 0 aliphatic carbocycles. The van der Waals surface area contributed by atoms with Gasteiger partial charge in [0.2, 0.25) is 11.0 Å². The number of furan rings is 1. The number of aliphatic hydroxyl groups excluding tert-OH is 1. The summed E-state index contributed by atoms with van der Waals surface area (Å²) < 4.78 is 12.1. The van der Waals surface area contributed by atoms with E-state index in [4.69, 9.17) is 8.83 Å². The first-order valence-electron chi connectivity index (χ1n) is 11.8. The summed E-state index contributed by atoms with van der Waals surface area (Å²) in [5, 5.41) is 14.5. The van der Waals surface area contributed by atoms with Gasteiger partial charge in [-0.3, -0.25) is 9.59 Å². The van der Waals surface area contributed by atoms with Crippen molar-refractivity contribution >= 4 is 33.1 Å². The minimum Gasteiger partial charge on any atom is -0.457 e. The number of aromatic nitrogens is 1. The van der Waals surface area contributed by atoms with E-state index >= 15 is 0 Å². The van der Waals surface area contributed by atoms with Crippen molar-refractivity contribution in [2.24, 2.45) is 0 Å². The Morgan fingerprint density at radius 1 is 0.973 bits per heavy atom. The highest BCUT2D eigenvalue weighted by Gasteiger charge is 2.32. The maximum Gasteiger partial charge on any atom is 0.287 e. The molecule has 8 heteroatoms. The Labute approximate surface area is 216 Å². The maximum absolute atomic E-state index is 12.1. The number of aliphatic hydroxyl groups is 1. The molecule has 0 bridgehead atoms. The van der Waals surface area contributed by atoms with Gasteiger partial charge in [0, 0.05) is 34.7 Å². The van der Waals surface area contributed by atoms with Gasteiger partial charge in [-0.15, -0.1) is 0 Å². The van der Waals surface area contributed by atoms with E-state index < -0.39 is 12.1 Å². The highest BCUT2D eigenvalue weighted by Crippen LogP contribution is 2.41. The number of oxazole rings is 1. The Hall–Kier alpha value is -4.14. The Balaban J connectivity index is 1.44. The van der Waals surface area contributed by atoms with E-state index in [-0.39, 0.29) is 10.4 Å². The van der Waals surface area contributed by atoms with Gasteiger partial charge in [-0.1, -0.05) is 54.6 Å². The molecule has 5 aromatic rings. The predicted molar refractivity (Wildman–Crippen MR) is 141 cm³/mol. The van der Waals surface area contributed by atoms with Gasteiger partial charge >= 0.3 is 0 Å². The Kier molecular flexibility index (Phi) is 5.90. The monoisotopic (exact) mass is 510 g/mol. The number of hydrogen-bond donors (Lipinski definition) is 2. The molecule has 7 nitrogen and oxygen atoms in total. The summed E-state index contributed by atoms with van der Waals surface area (Å²) in [4.78, 5) is 28.4. The molecular weight excluding hydrogens is 488 g/mol. The molecule has 2 N–H and O–H groups in total. The van der Waals surface area contributed by atoms with Crippen molar-refractivity contribution in [2.45, 2.75) is 25.5 Å². The van der Waals surface area contributed by atoms with Crippen LogP contribution in [-0.2, 0) is 11.2 Å². The zero-order chi connectivity index (χ0) is 25.5. The van der Waals surface area contributed by atoms with E-state index in [0.29, 0.717) is 46.9 Å². The quantitative estimate of drug-likeness (QED) is 0.287. The second kappa shape index (κ2) is 9.38. The lowest BCUT2D eigenvalue weighted by molar-refractivity contribution is -0.112. The first-order valence-corrected chi connectivity index (χ1v) is 12.6. The topological polar surface area (TPSA) is 106 Å². The number of rotatable bonds is 6. The van der Waals surface area contributed by atoms with Gasteiger partial charge in [0.1, 0.15) is 28.8 Å². The number of carbonyl (C=O) groups excluding carboxylic acids is 2. The van der Waals surface area contributed by atoms with Crippen molar-refractivity contribution < 1.29 is 23.5 Å². The van der Waals surface area contributed by atoms with Gasteiger partial charge in [-0.2, -0.15) is 0 Å². The second-order valence-electron chi connectivity index (χ2n) is 8.88. The van der Waals surface area contributed by atoms with Crippen LogP contribution in [0, 0.1) is 6.92 Å². The number of hydrogen-bond acceptors (Lipinski definition) is 7. The molecule has 3 heterocycles. The summed E-state index contributed by atoms with van der Waals surface area (Å²) in [7, 11) is 0. The molecule has 1 aliphatic rings. The van der Waals surface area contributed by atoms with Crippen LogP contribution in [0.1, 0.15) is 28.9 Å². The maximum atomic E-state index is 12.1. The average Bonchev–Trinajstić information content (AvgIpc) is 3.58. The fraction of sp³-hybridized carbons (Fsp3) is 0.138. The van der Waals surface area contributed by atoms with E-state index in [0.717, 1.165) is 27.6 Å². The molecule has 184 valence electrons. The van der Waals surface area contributed by atoms with Crippen LogP contribution in [0.5, 0.6) is 0 Å². The SMILES string of the molecule is Cc1oc(-c2ccccc2)nc1C(O)c1oc2ccc(CC3NC(=O)SC3=O)cc2c1-c1ccccc1. The molecule has 0 spiro atoms. The van der Waals surface area contributed by atoms with Gasteiger partial charge in [0.25, 0.3) is 5.24 Å². The standard InChI is InChI=1S/C29H22N2O5S/c1-16-24(31-27(35-16)19-10-6-3-7-11-19)25(32)26-23(18-8-4-2-5-9-18)20-14-17(12-13-22(20)36-26)15-21-28(33)37-29(34)30-21/h2-14,21,25,32H,15H2,1H3,(H,30,34). The number of amides is 1. The summed E-state index contributed by atoms with van der Waals surface area (Å²) in [6.07, 6.45) is -0.799. The summed E-state index contributed by atoms with van der Waals surface area (Å²) >= 11 is 0.702. The third kappa shape index (κ3) is 4.34. The zero-order valence-electron chi connectivity index (χ0n) is 19.8. The van der Waals surface area contributed by atoms with E-state index in [9.17, 15) is 14.7 Å². The molecule has 1 fully saturated rings. The summed E-state index contributed by atoms with van der Waals surface area (Å²) in [5.41, 5.74) is 4.27. The molecule has 0 saturated carbocycles. The molecule has 3 aromatic carbocycles. The van der Waals surface area contributed by atoms with Gasteiger partial charge in [-0.05, 0) is 42.3 Å². The van der Waals surface area contributed by atoms with Crippen LogP contribution >= 0.6 is 11.8 Å². The fourth-order valence-corrected chi connectivity index (χ4v) is 5.31. The minimum absolute atomic E-state index is 0.188. The number of aryl methyl sites for hydroxylation is 1.